The Hall–Kier alpha value is -3.29. The van der Waals surface area contributed by atoms with Crippen LogP contribution in [0, 0.1) is 0 Å². The summed E-state index contributed by atoms with van der Waals surface area (Å²) in [6.07, 6.45) is -3.06. The number of benzene rings is 2. The van der Waals surface area contributed by atoms with Gasteiger partial charge in [-0.25, -0.2) is 0 Å². The summed E-state index contributed by atoms with van der Waals surface area (Å²) in [5.74, 6) is 0.0914. The molecule has 0 saturated carbocycles. The zero-order valence-electron chi connectivity index (χ0n) is 17.7. The van der Waals surface area contributed by atoms with Gasteiger partial charge in [-0.05, 0) is 43.2 Å². The summed E-state index contributed by atoms with van der Waals surface area (Å²) in [7, 11) is 3.01. The predicted octanol–water partition coefficient (Wildman–Crippen LogP) is 5.25. The second-order valence-corrected chi connectivity index (χ2v) is 7.75. The highest BCUT2D eigenvalue weighted by Crippen LogP contribution is 2.47. The highest BCUT2D eigenvalue weighted by atomic mass is 19.4. The van der Waals surface area contributed by atoms with Gasteiger partial charge in [-0.3, -0.25) is 14.5 Å². The van der Waals surface area contributed by atoms with Crippen LogP contribution in [-0.4, -0.2) is 25.9 Å². The topological polar surface area (TPSA) is 55.8 Å². The summed E-state index contributed by atoms with van der Waals surface area (Å²) in [5.41, 5.74) is 1.27. The Bertz CT molecular complexity index is 1090. The highest BCUT2D eigenvalue weighted by molar-refractivity contribution is 6.07. The van der Waals surface area contributed by atoms with Gasteiger partial charge in [0, 0.05) is 41.3 Å². The molecule has 1 aliphatic heterocycles. The van der Waals surface area contributed by atoms with Crippen LogP contribution in [0.15, 0.2) is 53.7 Å². The van der Waals surface area contributed by atoms with Crippen molar-refractivity contribution >= 4 is 17.4 Å². The number of methoxy groups -OCH3 is 2. The number of carbonyl (C=O) groups excluding carboxylic acids is 2. The molecule has 0 N–H and O–H groups in total. The van der Waals surface area contributed by atoms with E-state index >= 15 is 0 Å². The van der Waals surface area contributed by atoms with E-state index in [2.05, 4.69) is 0 Å². The number of ether oxygens (including phenoxy) is 2. The van der Waals surface area contributed by atoms with Crippen LogP contribution < -0.4 is 14.4 Å². The first-order valence-electron chi connectivity index (χ1n) is 10.2. The number of amides is 1. The van der Waals surface area contributed by atoms with E-state index in [0.717, 1.165) is 12.1 Å². The Balaban J connectivity index is 1.84. The second kappa shape index (κ2) is 8.33. The molecule has 1 aliphatic carbocycles. The van der Waals surface area contributed by atoms with Crippen LogP contribution in [0.1, 0.15) is 42.7 Å². The third-order valence-electron chi connectivity index (χ3n) is 5.94. The minimum absolute atomic E-state index is 0.00484. The number of hydrogen-bond donors (Lipinski definition) is 0. The van der Waals surface area contributed by atoms with Crippen molar-refractivity contribution in [3.8, 4) is 11.5 Å². The van der Waals surface area contributed by atoms with Gasteiger partial charge in [-0.2, -0.15) is 13.2 Å². The van der Waals surface area contributed by atoms with Crippen molar-refractivity contribution in [2.75, 3.05) is 19.1 Å². The van der Waals surface area contributed by atoms with Crippen molar-refractivity contribution in [1.29, 1.82) is 0 Å². The summed E-state index contributed by atoms with van der Waals surface area (Å²) < 4.78 is 49.8. The molecule has 32 heavy (non-hydrogen) atoms. The van der Waals surface area contributed by atoms with Gasteiger partial charge in [0.2, 0.25) is 5.91 Å². The first-order valence-corrected chi connectivity index (χ1v) is 10.2. The molecule has 0 saturated heterocycles. The van der Waals surface area contributed by atoms with Crippen molar-refractivity contribution < 1.29 is 32.2 Å². The van der Waals surface area contributed by atoms with Crippen molar-refractivity contribution in [1.82, 2.24) is 0 Å². The maximum absolute atomic E-state index is 13.3. The molecule has 2 aromatic rings. The van der Waals surface area contributed by atoms with Crippen LogP contribution >= 0.6 is 0 Å². The second-order valence-electron chi connectivity index (χ2n) is 7.75. The SMILES string of the molecule is COc1cccc(C2CC(=O)N(c3ccc(C(F)(F)F)cc3)C3=C2C(=O)CCC3)c1OC. The molecule has 1 unspecified atom stereocenters. The number of para-hydroxylation sites is 1. The lowest BCUT2D eigenvalue weighted by atomic mass is 9.76. The number of allylic oxidation sites excluding steroid dienone is 2. The third-order valence-corrected chi connectivity index (χ3v) is 5.94. The Morgan fingerprint density at radius 3 is 2.31 bits per heavy atom. The van der Waals surface area contributed by atoms with Gasteiger partial charge in [-0.1, -0.05) is 12.1 Å². The van der Waals surface area contributed by atoms with E-state index in [1.54, 1.807) is 18.2 Å². The first-order chi connectivity index (χ1) is 15.3. The molecule has 2 aromatic carbocycles. The van der Waals surface area contributed by atoms with Gasteiger partial charge in [-0.15, -0.1) is 0 Å². The number of anilines is 1. The molecule has 0 radical (unpaired) electrons. The lowest BCUT2D eigenvalue weighted by Crippen LogP contribution is -2.40. The van der Waals surface area contributed by atoms with E-state index in [0.29, 0.717) is 53.3 Å². The predicted molar refractivity (Wildman–Crippen MR) is 112 cm³/mol. The summed E-state index contributed by atoms with van der Waals surface area (Å²) in [6, 6.07) is 9.76. The van der Waals surface area contributed by atoms with Gasteiger partial charge in [0.25, 0.3) is 0 Å². The number of rotatable bonds is 4. The molecule has 1 amide bonds. The lowest BCUT2D eigenvalue weighted by Gasteiger charge is -2.38. The van der Waals surface area contributed by atoms with Gasteiger partial charge in [0.1, 0.15) is 0 Å². The number of alkyl halides is 3. The van der Waals surface area contributed by atoms with E-state index in [9.17, 15) is 22.8 Å². The number of hydrogen-bond acceptors (Lipinski definition) is 4. The Kier molecular flexibility index (Phi) is 5.71. The van der Waals surface area contributed by atoms with E-state index in [1.807, 2.05) is 0 Å². The fourth-order valence-corrected chi connectivity index (χ4v) is 4.54. The molecule has 1 heterocycles. The number of ketones is 1. The van der Waals surface area contributed by atoms with Crippen LogP contribution in [-0.2, 0) is 15.8 Å². The zero-order chi connectivity index (χ0) is 23.0. The fraction of sp³-hybridized carbons (Fsp3) is 0.333. The minimum Gasteiger partial charge on any atom is -0.493 e. The van der Waals surface area contributed by atoms with Crippen molar-refractivity contribution in [2.24, 2.45) is 0 Å². The molecule has 0 aromatic heterocycles. The molecule has 0 bridgehead atoms. The smallest absolute Gasteiger partial charge is 0.416 e. The number of carbonyl (C=O) groups is 2. The van der Waals surface area contributed by atoms with E-state index in [-0.39, 0.29) is 18.1 Å². The van der Waals surface area contributed by atoms with Crippen LogP contribution in [0.2, 0.25) is 0 Å². The van der Waals surface area contributed by atoms with Crippen molar-refractivity contribution in [2.45, 2.75) is 37.8 Å². The van der Waals surface area contributed by atoms with E-state index < -0.39 is 17.7 Å². The Labute approximate surface area is 183 Å². The number of halogens is 3. The van der Waals surface area contributed by atoms with Crippen LogP contribution in [0.3, 0.4) is 0 Å². The largest absolute Gasteiger partial charge is 0.493 e. The van der Waals surface area contributed by atoms with E-state index in [1.165, 1.54) is 31.3 Å². The van der Waals surface area contributed by atoms with E-state index in [4.69, 9.17) is 9.47 Å². The summed E-state index contributed by atoms with van der Waals surface area (Å²) in [6.45, 7) is 0. The normalized spacial score (nSPS) is 19.2. The quantitative estimate of drug-likeness (QED) is 0.645. The molecule has 0 fully saturated rings. The molecular formula is C24H22F3NO4. The number of Topliss-reactive ketones (excluding diaryl/α,β-unsaturated/α-hetero) is 1. The molecule has 4 rings (SSSR count). The summed E-state index contributed by atoms with van der Waals surface area (Å²) in [5, 5.41) is 0. The maximum Gasteiger partial charge on any atom is 0.416 e. The van der Waals surface area contributed by atoms with Gasteiger partial charge in [0.15, 0.2) is 17.3 Å². The number of nitrogens with zero attached hydrogens (tertiary/aromatic N) is 1. The van der Waals surface area contributed by atoms with Crippen molar-refractivity contribution in [3.63, 3.8) is 0 Å². The molecule has 2 aliphatic rings. The Morgan fingerprint density at radius 2 is 1.69 bits per heavy atom. The fourth-order valence-electron chi connectivity index (χ4n) is 4.54. The van der Waals surface area contributed by atoms with Crippen LogP contribution in [0.4, 0.5) is 18.9 Å². The molecule has 0 spiro atoms. The van der Waals surface area contributed by atoms with Crippen LogP contribution in [0.5, 0.6) is 11.5 Å². The lowest BCUT2D eigenvalue weighted by molar-refractivity contribution is -0.137. The monoisotopic (exact) mass is 445 g/mol. The van der Waals surface area contributed by atoms with Gasteiger partial charge >= 0.3 is 6.18 Å². The van der Waals surface area contributed by atoms with Gasteiger partial charge in [0.05, 0.1) is 19.8 Å². The van der Waals surface area contributed by atoms with Gasteiger partial charge < -0.3 is 9.47 Å². The molecule has 1 atom stereocenters. The standard InChI is InChI=1S/C24H22F3NO4/c1-31-20-8-3-5-16(23(20)32-2)17-13-21(30)28(18-6-4-7-19(29)22(17)18)15-11-9-14(10-12-15)24(25,26)27/h3,5,8-12,17H,4,6-7,13H2,1-2H3. The highest BCUT2D eigenvalue weighted by Gasteiger charge is 2.41. The minimum atomic E-state index is -4.47. The Morgan fingerprint density at radius 1 is 0.969 bits per heavy atom. The average Bonchev–Trinajstić information content (AvgIpc) is 2.77. The molecule has 5 nitrogen and oxygen atoms in total. The first kappa shape index (κ1) is 21.9. The maximum atomic E-state index is 13.3. The third kappa shape index (κ3) is 3.74. The van der Waals surface area contributed by atoms with Crippen LogP contribution in [0.25, 0.3) is 0 Å². The molecular weight excluding hydrogens is 423 g/mol. The summed E-state index contributed by atoms with van der Waals surface area (Å²) in [4.78, 5) is 27.7. The zero-order valence-corrected chi connectivity index (χ0v) is 17.7. The molecule has 168 valence electrons. The average molecular weight is 445 g/mol. The van der Waals surface area contributed by atoms with Crippen molar-refractivity contribution in [3.05, 3.63) is 64.9 Å². The summed E-state index contributed by atoms with van der Waals surface area (Å²) >= 11 is 0. The molecule has 8 heteroatoms.